The first-order chi connectivity index (χ1) is 38.6. The van der Waals surface area contributed by atoms with Crippen molar-refractivity contribution in [2.45, 2.75) is 12.3 Å². The predicted octanol–water partition coefficient (Wildman–Crippen LogP) is 10.8. The van der Waals surface area contributed by atoms with E-state index in [1.54, 1.807) is 0 Å². The Bertz CT molecular complexity index is 3900. The van der Waals surface area contributed by atoms with E-state index < -0.39 is 14.5 Å². The van der Waals surface area contributed by atoms with Crippen LogP contribution in [0.15, 0.2) is 303 Å². The Morgan fingerprint density at radius 2 is 0.412 bits per heavy atom. The van der Waals surface area contributed by atoms with Crippen molar-refractivity contribution in [2.75, 3.05) is 0 Å². The summed E-state index contributed by atoms with van der Waals surface area (Å²) in [5.74, 6) is 0.0181. The third-order valence-electron chi connectivity index (χ3n) is 16.3. The summed E-state index contributed by atoms with van der Waals surface area (Å²) in [5.41, 5.74) is 3.75. The highest BCUT2D eigenvalue weighted by molar-refractivity contribution is 7.96. The van der Waals surface area contributed by atoms with Gasteiger partial charge in [-0.2, -0.15) is 0 Å². The molecule has 0 saturated heterocycles. The second kappa shape index (κ2) is 22.3. The zero-order chi connectivity index (χ0) is 52.0. The number of rotatable bonds is 12. The molecule has 0 atom stereocenters. The van der Waals surface area contributed by atoms with Crippen LogP contribution in [0.1, 0.15) is 27.0 Å². The van der Waals surface area contributed by atoms with Crippen LogP contribution in [0.5, 0.6) is 0 Å². The van der Waals surface area contributed by atoms with E-state index >= 15 is 0 Å². The van der Waals surface area contributed by atoms with Crippen molar-refractivity contribution in [3.05, 3.63) is 326 Å². The molecule has 0 N–H and O–H groups in total. The van der Waals surface area contributed by atoms with Crippen molar-refractivity contribution in [1.29, 1.82) is 0 Å². The summed E-state index contributed by atoms with van der Waals surface area (Å²) in [6.45, 7) is 0. The molecule has 0 saturated carbocycles. The van der Waals surface area contributed by atoms with Gasteiger partial charge in [0, 0.05) is 43.4 Å². The van der Waals surface area contributed by atoms with Crippen LogP contribution >= 0.6 is 14.5 Å². The minimum Gasteiger partial charge on any atom is -1.00 e. The van der Waals surface area contributed by atoms with Crippen LogP contribution in [0, 0.1) is 0 Å². The van der Waals surface area contributed by atoms with Gasteiger partial charge in [-0.25, -0.2) is 0 Å². The molecular weight excluding hydrogens is 1140 g/mol. The molecule has 14 aromatic rings. The molecule has 1 nitrogen and oxygen atoms in total. The topological polar surface area (TPSA) is 17.1 Å². The Morgan fingerprint density at radius 1 is 0.225 bits per heavy atom. The number of carbonyl (C=O) groups is 1. The Balaban J connectivity index is 0.00000318. The summed E-state index contributed by atoms with van der Waals surface area (Å²) in [4.78, 5) is 14.9. The normalized spacial score (nSPS) is 11.7. The van der Waals surface area contributed by atoms with Crippen LogP contribution in [0.3, 0.4) is 0 Å². The lowest BCUT2D eigenvalue weighted by atomic mass is 10.0. The molecule has 0 unspecified atom stereocenters. The Morgan fingerprint density at radius 3 is 0.625 bits per heavy atom. The van der Waals surface area contributed by atoms with Gasteiger partial charge in [-0.1, -0.05) is 267 Å². The molecule has 0 aliphatic carbocycles. The second-order valence-corrected chi connectivity index (χ2v) is 27.4. The Hall–Kier alpha value is -7.87. The smallest absolute Gasteiger partial charge is 0.193 e. The van der Waals surface area contributed by atoms with Crippen molar-refractivity contribution in [3.8, 4) is 0 Å². The average Bonchev–Trinajstić information content (AvgIpc) is 3.71. The van der Waals surface area contributed by atoms with E-state index in [2.05, 4.69) is 303 Å². The van der Waals surface area contributed by atoms with Gasteiger partial charge >= 0.3 is 0 Å². The fourth-order valence-corrected chi connectivity index (χ4v) is 22.6. The van der Waals surface area contributed by atoms with Crippen molar-refractivity contribution in [3.63, 3.8) is 0 Å². The van der Waals surface area contributed by atoms with Gasteiger partial charge in [0.05, 0.1) is 12.3 Å². The Labute approximate surface area is 489 Å². The van der Waals surface area contributed by atoms with Gasteiger partial charge in [0.15, 0.2) is 5.78 Å². The van der Waals surface area contributed by atoms with E-state index in [1.807, 2.05) is 0 Å². The maximum atomic E-state index is 14.9. The third-order valence-corrected chi connectivity index (χ3v) is 25.3. The predicted molar refractivity (Wildman–Crippen MR) is 339 cm³/mol. The van der Waals surface area contributed by atoms with Crippen LogP contribution in [-0.2, 0) is 12.3 Å². The molecule has 384 valence electrons. The molecule has 0 aromatic heterocycles. The van der Waals surface area contributed by atoms with Gasteiger partial charge in [-0.05, 0) is 79.8 Å². The number of hydrogen-bond donors (Lipinski definition) is 0. The molecule has 5 heteroatoms. The Kier molecular flexibility index (Phi) is 14.7. The van der Waals surface area contributed by atoms with Crippen LogP contribution in [0.2, 0.25) is 0 Å². The van der Waals surface area contributed by atoms with E-state index in [0.717, 1.165) is 12.3 Å². The highest BCUT2D eigenvalue weighted by Gasteiger charge is 2.50. The number of hydrogen-bond acceptors (Lipinski definition) is 1. The van der Waals surface area contributed by atoms with Gasteiger partial charge < -0.3 is 34.0 Å². The number of benzene rings is 14. The largest absolute Gasteiger partial charge is 1.00 e. The van der Waals surface area contributed by atoms with E-state index in [-0.39, 0.29) is 39.7 Å². The van der Waals surface area contributed by atoms with Crippen LogP contribution in [0.25, 0.3) is 64.6 Å². The van der Waals surface area contributed by atoms with Gasteiger partial charge in [0.1, 0.15) is 46.4 Å². The summed E-state index contributed by atoms with van der Waals surface area (Å²) in [6, 6.07) is 112. The molecule has 0 heterocycles. The maximum absolute atomic E-state index is 14.9. The lowest BCUT2D eigenvalue weighted by Gasteiger charge is -2.31. The molecule has 0 aliphatic rings. The van der Waals surface area contributed by atoms with Crippen molar-refractivity contribution < 1.29 is 38.8 Å². The average molecular weight is 1190 g/mol. The number of ketones is 1. The molecule has 0 amide bonds. The highest BCUT2D eigenvalue weighted by Crippen LogP contribution is 2.63. The first kappa shape index (κ1) is 52.8. The fraction of sp³-hybridized carbons (Fsp3) is 0.0267. The van der Waals surface area contributed by atoms with E-state index in [1.165, 1.54) is 108 Å². The monoisotopic (exact) mass is 1190 g/mol. The van der Waals surface area contributed by atoms with E-state index in [9.17, 15) is 4.79 Å². The van der Waals surface area contributed by atoms with Gasteiger partial charge in [0.2, 0.25) is 0 Å². The van der Waals surface area contributed by atoms with E-state index in [0.29, 0.717) is 11.1 Å². The standard InChI is InChI=1S/C75H54OP2.2BrH/c76-75(61-47-43-53(44-48-61)51-77(69-37-13-25-55-19-1-7-31-63(55)69,70-38-14-26-56-20-2-8-32-64(56)70)71-39-15-27-57-21-3-9-33-65(57)71)62-49-45-54(46-50-62)52-78(72-40-16-28-58-22-4-10-34-66(58)72,73-41-17-29-59-23-5-11-35-67(59)73)74-42-18-30-60-24-6-12-36-68(60)74;;/h1-50H,51-52H2;2*1H/q+2;;/p-2. The van der Waals surface area contributed by atoms with Crippen molar-refractivity contribution in [2.24, 2.45) is 0 Å². The van der Waals surface area contributed by atoms with Crippen molar-refractivity contribution >= 4 is 117 Å². The van der Waals surface area contributed by atoms with Crippen molar-refractivity contribution in [1.82, 2.24) is 0 Å². The minimum absolute atomic E-state index is 0. The number of halogens is 2. The zero-order valence-corrected chi connectivity index (χ0v) is 48.8. The summed E-state index contributed by atoms with van der Waals surface area (Å²) >= 11 is 0. The first-order valence-electron chi connectivity index (χ1n) is 27.0. The van der Waals surface area contributed by atoms with Crippen LogP contribution in [-0.4, -0.2) is 5.78 Å². The summed E-state index contributed by atoms with van der Waals surface area (Å²) in [5, 5.41) is 23.2. The second-order valence-electron chi connectivity index (χ2n) is 20.6. The number of fused-ring (bicyclic) bond motifs is 6. The van der Waals surface area contributed by atoms with Crippen LogP contribution in [0.4, 0.5) is 0 Å². The molecule has 80 heavy (non-hydrogen) atoms. The minimum atomic E-state index is -2.52. The summed E-state index contributed by atoms with van der Waals surface area (Å²) in [6.07, 6.45) is 1.56. The molecule has 0 spiro atoms. The van der Waals surface area contributed by atoms with Crippen LogP contribution < -0.4 is 65.8 Å². The van der Waals surface area contributed by atoms with Gasteiger partial charge in [0.25, 0.3) is 0 Å². The summed E-state index contributed by atoms with van der Waals surface area (Å²) in [7, 11) is -5.05. The fourth-order valence-electron chi connectivity index (χ4n) is 12.8. The van der Waals surface area contributed by atoms with E-state index in [4.69, 9.17) is 0 Å². The lowest BCUT2D eigenvalue weighted by Crippen LogP contribution is -3.00. The molecule has 0 radical (unpaired) electrons. The van der Waals surface area contributed by atoms with Gasteiger partial charge in [-0.15, -0.1) is 0 Å². The molecular formula is C75H54Br2OP2. The molecule has 0 aliphatic heterocycles. The quantitative estimate of drug-likeness (QED) is 0.0880. The highest BCUT2D eigenvalue weighted by atomic mass is 79.9. The molecule has 0 bridgehead atoms. The summed E-state index contributed by atoms with van der Waals surface area (Å²) < 4.78 is 0. The maximum Gasteiger partial charge on any atom is 0.193 e. The molecule has 14 aromatic carbocycles. The SMILES string of the molecule is O=C(c1ccc(C[P+](c2cccc3ccccc23)(c2cccc3ccccc23)c2cccc3ccccc23)cc1)c1ccc(C[P+](c2cccc3ccccc23)(c2cccc3ccccc23)c2cccc3ccccc23)cc1.[Br-].[Br-]. The number of carbonyl (C=O) groups excluding carboxylic acids is 1. The molecule has 0 fully saturated rings. The van der Waals surface area contributed by atoms with Gasteiger partial charge in [-0.3, -0.25) is 4.79 Å². The third kappa shape index (κ3) is 9.08. The molecule has 14 rings (SSSR count). The lowest BCUT2D eigenvalue weighted by molar-refractivity contribution is -0.00100. The first-order valence-corrected chi connectivity index (χ1v) is 30.9. The zero-order valence-electron chi connectivity index (χ0n) is 43.8.